The number of carbonyl (C=O) groups excluding carboxylic acids is 1. The number of nitrogens with zero attached hydrogens (tertiary/aromatic N) is 1. The summed E-state index contributed by atoms with van der Waals surface area (Å²) < 4.78 is 4.89. The molecule has 0 fully saturated rings. The van der Waals surface area contributed by atoms with Crippen LogP contribution in [-0.2, 0) is 9.53 Å². The molecule has 0 saturated heterocycles. The number of esters is 1. The minimum absolute atomic E-state index is 0.151. The smallest absolute Gasteiger partial charge is 0.305 e. The molecule has 1 heterocycles. The van der Waals surface area contributed by atoms with E-state index in [1.165, 1.54) is 0 Å². The second-order valence-electron chi connectivity index (χ2n) is 4.47. The van der Waals surface area contributed by atoms with Gasteiger partial charge in [0.15, 0.2) is 0 Å². The van der Waals surface area contributed by atoms with Crippen molar-refractivity contribution in [2.75, 3.05) is 24.2 Å². The summed E-state index contributed by atoms with van der Waals surface area (Å²) in [6, 6.07) is 7.57. The number of aromatic nitrogens is 1. The minimum atomic E-state index is -0.151. The number of anilines is 2. The van der Waals surface area contributed by atoms with Crippen LogP contribution < -0.4 is 11.1 Å². The summed E-state index contributed by atoms with van der Waals surface area (Å²) in [6.45, 7) is 2.95. The van der Waals surface area contributed by atoms with Gasteiger partial charge in [0, 0.05) is 35.9 Å². The highest BCUT2D eigenvalue weighted by atomic mass is 16.5. The molecule has 1 aromatic heterocycles. The molecule has 5 heteroatoms. The Morgan fingerprint density at radius 1 is 1.40 bits per heavy atom. The molecule has 0 spiro atoms. The van der Waals surface area contributed by atoms with Gasteiger partial charge in [0.1, 0.15) is 0 Å². The van der Waals surface area contributed by atoms with E-state index in [-0.39, 0.29) is 5.97 Å². The van der Waals surface area contributed by atoms with Gasteiger partial charge < -0.3 is 15.8 Å². The van der Waals surface area contributed by atoms with Gasteiger partial charge in [0.25, 0.3) is 0 Å². The highest BCUT2D eigenvalue weighted by Crippen LogP contribution is 2.23. The van der Waals surface area contributed by atoms with Crippen LogP contribution in [0.25, 0.3) is 10.9 Å². The number of carbonyl (C=O) groups is 1. The molecule has 3 N–H and O–H groups in total. The van der Waals surface area contributed by atoms with Gasteiger partial charge in [-0.3, -0.25) is 9.78 Å². The van der Waals surface area contributed by atoms with E-state index in [1.54, 1.807) is 6.20 Å². The van der Waals surface area contributed by atoms with Gasteiger partial charge in [-0.25, -0.2) is 0 Å². The lowest BCUT2D eigenvalue weighted by atomic mass is 10.1. The maximum Gasteiger partial charge on any atom is 0.305 e. The van der Waals surface area contributed by atoms with E-state index >= 15 is 0 Å². The van der Waals surface area contributed by atoms with Crippen LogP contribution in [0, 0.1) is 0 Å². The zero-order valence-corrected chi connectivity index (χ0v) is 11.6. The molecular formula is C15H19N3O2. The molecule has 0 unspecified atom stereocenters. The number of nitrogens with one attached hydrogen (secondary N) is 1. The van der Waals surface area contributed by atoms with E-state index in [9.17, 15) is 4.79 Å². The number of hydrogen-bond donors (Lipinski definition) is 2. The van der Waals surface area contributed by atoms with Crippen LogP contribution in [-0.4, -0.2) is 24.1 Å². The molecule has 0 aliphatic carbocycles. The molecule has 2 rings (SSSR count). The lowest BCUT2D eigenvalue weighted by molar-refractivity contribution is -0.143. The summed E-state index contributed by atoms with van der Waals surface area (Å²) >= 11 is 0. The molecule has 0 atom stereocenters. The Labute approximate surface area is 118 Å². The zero-order valence-electron chi connectivity index (χ0n) is 11.6. The van der Waals surface area contributed by atoms with Gasteiger partial charge in [-0.2, -0.15) is 0 Å². The average Bonchev–Trinajstić information content (AvgIpc) is 2.43. The van der Waals surface area contributed by atoms with Crippen LogP contribution >= 0.6 is 0 Å². The number of ether oxygens (including phenoxy) is 1. The van der Waals surface area contributed by atoms with E-state index in [2.05, 4.69) is 10.3 Å². The van der Waals surface area contributed by atoms with Gasteiger partial charge in [-0.05, 0) is 37.6 Å². The summed E-state index contributed by atoms with van der Waals surface area (Å²) in [5, 5.41) is 4.34. The quantitative estimate of drug-likeness (QED) is 0.480. The number of pyridine rings is 1. The summed E-state index contributed by atoms with van der Waals surface area (Å²) in [6.07, 6.45) is 2.91. The molecule has 0 saturated carbocycles. The fraction of sp³-hybridized carbons (Fsp3) is 0.333. The molecule has 0 aliphatic heterocycles. The third-order valence-electron chi connectivity index (χ3n) is 2.95. The van der Waals surface area contributed by atoms with Gasteiger partial charge >= 0.3 is 5.97 Å². The monoisotopic (exact) mass is 273 g/mol. The number of nitrogens with two attached hydrogens (primary N) is 1. The maximum absolute atomic E-state index is 11.2. The SMILES string of the molecule is CCOC(=O)CCCNc1ccnc2cc(N)ccc12. The van der Waals surface area contributed by atoms with Crippen molar-refractivity contribution in [3.8, 4) is 0 Å². The van der Waals surface area contributed by atoms with Crippen molar-refractivity contribution in [2.24, 2.45) is 0 Å². The zero-order chi connectivity index (χ0) is 14.4. The van der Waals surface area contributed by atoms with Crippen molar-refractivity contribution < 1.29 is 9.53 Å². The first-order valence-electron chi connectivity index (χ1n) is 6.74. The summed E-state index contributed by atoms with van der Waals surface area (Å²) in [4.78, 5) is 15.5. The van der Waals surface area contributed by atoms with Crippen molar-refractivity contribution in [2.45, 2.75) is 19.8 Å². The van der Waals surface area contributed by atoms with Crippen molar-refractivity contribution in [3.63, 3.8) is 0 Å². The molecule has 0 bridgehead atoms. The van der Waals surface area contributed by atoms with Crippen LogP contribution in [0.5, 0.6) is 0 Å². The van der Waals surface area contributed by atoms with Gasteiger partial charge in [-0.1, -0.05) is 0 Å². The van der Waals surface area contributed by atoms with Crippen LogP contribution in [0.3, 0.4) is 0 Å². The highest BCUT2D eigenvalue weighted by Gasteiger charge is 2.03. The van der Waals surface area contributed by atoms with Crippen molar-refractivity contribution >= 4 is 28.2 Å². The predicted octanol–water partition coefficient (Wildman–Crippen LogP) is 2.57. The van der Waals surface area contributed by atoms with Gasteiger partial charge in [-0.15, -0.1) is 0 Å². The van der Waals surface area contributed by atoms with Crippen molar-refractivity contribution in [1.29, 1.82) is 0 Å². The van der Waals surface area contributed by atoms with E-state index in [4.69, 9.17) is 10.5 Å². The van der Waals surface area contributed by atoms with Crippen LogP contribution in [0.4, 0.5) is 11.4 Å². The third-order valence-corrected chi connectivity index (χ3v) is 2.95. The first kappa shape index (κ1) is 14.1. The lowest BCUT2D eigenvalue weighted by Gasteiger charge is -2.09. The number of nitrogen functional groups attached to an aromatic ring is 1. The first-order chi connectivity index (χ1) is 9.70. The van der Waals surface area contributed by atoms with E-state index < -0.39 is 0 Å². The Morgan fingerprint density at radius 3 is 3.05 bits per heavy atom. The normalized spacial score (nSPS) is 10.4. The fourth-order valence-corrected chi connectivity index (χ4v) is 2.01. The molecule has 2 aromatic rings. The van der Waals surface area contributed by atoms with E-state index in [0.29, 0.717) is 25.3 Å². The van der Waals surface area contributed by atoms with Gasteiger partial charge in [0.05, 0.1) is 12.1 Å². The Kier molecular flexibility index (Phi) is 4.76. The van der Waals surface area contributed by atoms with Crippen LogP contribution in [0.15, 0.2) is 30.5 Å². The lowest BCUT2D eigenvalue weighted by Crippen LogP contribution is -2.08. The number of rotatable bonds is 6. The van der Waals surface area contributed by atoms with Gasteiger partial charge in [0.2, 0.25) is 0 Å². The Hall–Kier alpha value is -2.30. The molecule has 20 heavy (non-hydrogen) atoms. The van der Waals surface area contributed by atoms with Crippen molar-refractivity contribution in [1.82, 2.24) is 4.98 Å². The Morgan fingerprint density at radius 2 is 2.25 bits per heavy atom. The van der Waals surface area contributed by atoms with Crippen LogP contribution in [0.1, 0.15) is 19.8 Å². The van der Waals surface area contributed by atoms with Crippen LogP contribution in [0.2, 0.25) is 0 Å². The number of benzene rings is 1. The largest absolute Gasteiger partial charge is 0.466 e. The number of fused-ring (bicyclic) bond motifs is 1. The standard InChI is InChI=1S/C15H19N3O2/c1-2-20-15(19)4-3-8-17-13-7-9-18-14-10-11(16)5-6-12(13)14/h5-7,9-10H,2-4,8,16H2,1H3,(H,17,18). The van der Waals surface area contributed by atoms with E-state index in [1.807, 2.05) is 31.2 Å². The highest BCUT2D eigenvalue weighted by molar-refractivity contribution is 5.92. The minimum Gasteiger partial charge on any atom is -0.466 e. The molecule has 0 radical (unpaired) electrons. The second-order valence-corrected chi connectivity index (χ2v) is 4.47. The molecule has 5 nitrogen and oxygen atoms in total. The average molecular weight is 273 g/mol. The summed E-state index contributed by atoms with van der Waals surface area (Å²) in [5.41, 5.74) is 8.30. The molecule has 106 valence electrons. The second kappa shape index (κ2) is 6.75. The number of hydrogen-bond acceptors (Lipinski definition) is 5. The fourth-order valence-electron chi connectivity index (χ4n) is 2.01. The maximum atomic E-state index is 11.2. The Balaban J connectivity index is 1.95. The third kappa shape index (κ3) is 3.60. The van der Waals surface area contributed by atoms with E-state index in [0.717, 1.165) is 23.0 Å². The topological polar surface area (TPSA) is 77.2 Å². The van der Waals surface area contributed by atoms with Crippen molar-refractivity contribution in [3.05, 3.63) is 30.5 Å². The Bertz CT molecular complexity index is 599. The first-order valence-corrected chi connectivity index (χ1v) is 6.74. The molecular weight excluding hydrogens is 254 g/mol. The molecule has 0 aliphatic rings. The predicted molar refractivity (Wildman–Crippen MR) is 80.5 cm³/mol. The molecule has 1 aromatic carbocycles. The summed E-state index contributed by atoms with van der Waals surface area (Å²) in [5.74, 6) is -0.151. The summed E-state index contributed by atoms with van der Waals surface area (Å²) in [7, 11) is 0. The molecule has 0 amide bonds.